The number of hydrogen-bond acceptors (Lipinski definition) is 0. The first-order chi connectivity index (χ1) is 9.65. The third-order valence-electron chi connectivity index (χ3n) is 3.18. The van der Waals surface area contributed by atoms with Gasteiger partial charge in [0.2, 0.25) is 0 Å². The molecule has 0 aromatic heterocycles. The summed E-state index contributed by atoms with van der Waals surface area (Å²) in [6, 6.07) is 12.8. The van der Waals surface area contributed by atoms with Gasteiger partial charge in [0.05, 0.1) is 0 Å². The number of rotatable bonds is 3. The van der Waals surface area contributed by atoms with Crippen molar-refractivity contribution in [3.05, 3.63) is 83.4 Å². The van der Waals surface area contributed by atoms with Crippen molar-refractivity contribution in [2.24, 2.45) is 0 Å². The van der Waals surface area contributed by atoms with Gasteiger partial charge < -0.3 is 0 Å². The molecule has 102 valence electrons. The highest BCUT2D eigenvalue weighted by molar-refractivity contribution is 6.04. The van der Waals surface area contributed by atoms with Gasteiger partial charge in [-0.2, -0.15) is 0 Å². The SMILES string of the molecule is CC=C(C(=CC)c1ccc(F)cc1)c1ccc(F)cc1. The lowest BCUT2D eigenvalue weighted by atomic mass is 9.92. The van der Waals surface area contributed by atoms with Crippen molar-refractivity contribution in [2.45, 2.75) is 13.8 Å². The van der Waals surface area contributed by atoms with Crippen LogP contribution in [0, 0.1) is 11.6 Å². The normalized spacial score (nSPS) is 12.6. The molecule has 0 saturated carbocycles. The van der Waals surface area contributed by atoms with Crippen LogP contribution in [0.2, 0.25) is 0 Å². The fourth-order valence-electron chi connectivity index (χ4n) is 2.21. The molecule has 0 heterocycles. The Hall–Kier alpha value is -2.22. The lowest BCUT2D eigenvalue weighted by Gasteiger charge is -2.13. The second kappa shape index (κ2) is 6.29. The predicted octanol–water partition coefficient (Wildman–Crippen LogP) is 5.47. The molecule has 0 atom stereocenters. The summed E-state index contributed by atoms with van der Waals surface area (Å²) in [5, 5.41) is 0. The summed E-state index contributed by atoms with van der Waals surface area (Å²) >= 11 is 0. The van der Waals surface area contributed by atoms with Gasteiger partial charge in [0.25, 0.3) is 0 Å². The van der Waals surface area contributed by atoms with Gasteiger partial charge in [-0.1, -0.05) is 36.4 Å². The smallest absolute Gasteiger partial charge is 0.123 e. The summed E-state index contributed by atoms with van der Waals surface area (Å²) in [5.41, 5.74) is 3.87. The van der Waals surface area contributed by atoms with Crippen LogP contribution in [0.4, 0.5) is 8.78 Å². The van der Waals surface area contributed by atoms with E-state index in [4.69, 9.17) is 0 Å². The van der Waals surface area contributed by atoms with Crippen molar-refractivity contribution in [1.82, 2.24) is 0 Å². The zero-order chi connectivity index (χ0) is 14.5. The topological polar surface area (TPSA) is 0 Å². The molecule has 2 aromatic carbocycles. The van der Waals surface area contributed by atoms with E-state index in [2.05, 4.69) is 0 Å². The summed E-state index contributed by atoms with van der Waals surface area (Å²) in [5.74, 6) is -0.513. The van der Waals surface area contributed by atoms with E-state index < -0.39 is 0 Å². The number of hydrogen-bond donors (Lipinski definition) is 0. The molecule has 0 aliphatic carbocycles. The van der Waals surface area contributed by atoms with Crippen LogP contribution in [0.15, 0.2) is 60.7 Å². The first-order valence-corrected chi connectivity index (χ1v) is 6.50. The minimum absolute atomic E-state index is 0.256. The van der Waals surface area contributed by atoms with Crippen molar-refractivity contribution in [3.8, 4) is 0 Å². The second-order valence-electron chi connectivity index (χ2n) is 4.42. The molecule has 0 aliphatic rings. The molecule has 2 heteroatoms. The van der Waals surface area contributed by atoms with Crippen LogP contribution < -0.4 is 0 Å². The quantitative estimate of drug-likeness (QED) is 0.648. The van der Waals surface area contributed by atoms with Gasteiger partial charge in [-0.25, -0.2) is 8.78 Å². The Labute approximate surface area is 118 Å². The molecule has 0 saturated heterocycles. The van der Waals surface area contributed by atoms with Crippen LogP contribution in [0.5, 0.6) is 0 Å². The summed E-state index contributed by atoms with van der Waals surface area (Å²) in [4.78, 5) is 0. The molecule has 0 aliphatic heterocycles. The van der Waals surface area contributed by atoms with Gasteiger partial charge in [-0.05, 0) is 60.4 Å². The minimum Gasteiger partial charge on any atom is -0.207 e. The zero-order valence-electron chi connectivity index (χ0n) is 11.5. The predicted molar refractivity (Wildman–Crippen MR) is 80.1 cm³/mol. The standard InChI is InChI=1S/C18H16F2/c1-3-17(13-5-9-15(19)10-6-13)18(4-2)14-7-11-16(20)12-8-14/h3-12H,1-2H3. The molecule has 0 bridgehead atoms. The van der Waals surface area contributed by atoms with E-state index in [-0.39, 0.29) is 11.6 Å². The third kappa shape index (κ3) is 3.02. The van der Waals surface area contributed by atoms with E-state index in [1.165, 1.54) is 24.3 Å². The maximum absolute atomic E-state index is 13.0. The lowest BCUT2D eigenvalue weighted by molar-refractivity contribution is 0.627. The highest BCUT2D eigenvalue weighted by Crippen LogP contribution is 2.31. The highest BCUT2D eigenvalue weighted by Gasteiger charge is 2.09. The molecule has 0 unspecified atom stereocenters. The number of halogens is 2. The molecule has 0 N–H and O–H groups in total. The van der Waals surface area contributed by atoms with E-state index in [1.54, 1.807) is 24.3 Å². The molecule has 0 nitrogen and oxygen atoms in total. The van der Waals surface area contributed by atoms with Gasteiger partial charge >= 0.3 is 0 Å². The van der Waals surface area contributed by atoms with Gasteiger partial charge in [0.15, 0.2) is 0 Å². The van der Waals surface area contributed by atoms with Crippen LogP contribution in [0.1, 0.15) is 25.0 Å². The Morgan fingerprint density at radius 3 is 1.20 bits per heavy atom. The minimum atomic E-state index is -0.256. The van der Waals surface area contributed by atoms with Gasteiger partial charge in [0.1, 0.15) is 11.6 Å². The van der Waals surface area contributed by atoms with Crippen LogP contribution in [0.25, 0.3) is 11.1 Å². The number of benzene rings is 2. The summed E-state index contributed by atoms with van der Waals surface area (Å²) < 4.78 is 26.1. The molecular formula is C18H16F2. The van der Waals surface area contributed by atoms with Crippen molar-refractivity contribution >= 4 is 11.1 Å². The Morgan fingerprint density at radius 2 is 0.950 bits per heavy atom. The number of allylic oxidation sites excluding steroid dienone is 4. The second-order valence-corrected chi connectivity index (χ2v) is 4.42. The molecule has 0 radical (unpaired) electrons. The lowest BCUT2D eigenvalue weighted by Crippen LogP contribution is -1.91. The van der Waals surface area contributed by atoms with Crippen LogP contribution >= 0.6 is 0 Å². The van der Waals surface area contributed by atoms with Gasteiger partial charge in [-0.3, -0.25) is 0 Å². The average molecular weight is 270 g/mol. The van der Waals surface area contributed by atoms with Gasteiger partial charge in [0, 0.05) is 0 Å². The largest absolute Gasteiger partial charge is 0.207 e. The maximum atomic E-state index is 13.0. The molecule has 0 amide bonds. The van der Waals surface area contributed by atoms with Crippen molar-refractivity contribution in [2.75, 3.05) is 0 Å². The van der Waals surface area contributed by atoms with E-state index in [9.17, 15) is 8.78 Å². The molecule has 0 spiro atoms. The van der Waals surface area contributed by atoms with Gasteiger partial charge in [-0.15, -0.1) is 0 Å². The summed E-state index contributed by atoms with van der Waals surface area (Å²) in [6.07, 6.45) is 3.96. The van der Waals surface area contributed by atoms with Crippen molar-refractivity contribution in [1.29, 1.82) is 0 Å². The van der Waals surface area contributed by atoms with E-state index in [0.717, 1.165) is 22.3 Å². The fourth-order valence-corrected chi connectivity index (χ4v) is 2.21. The van der Waals surface area contributed by atoms with Crippen molar-refractivity contribution < 1.29 is 8.78 Å². The van der Waals surface area contributed by atoms with E-state index in [0.29, 0.717) is 0 Å². The van der Waals surface area contributed by atoms with Crippen molar-refractivity contribution in [3.63, 3.8) is 0 Å². The Morgan fingerprint density at radius 1 is 0.650 bits per heavy atom. The summed E-state index contributed by atoms with van der Waals surface area (Å²) in [7, 11) is 0. The molecular weight excluding hydrogens is 254 g/mol. The maximum Gasteiger partial charge on any atom is 0.123 e. The Balaban J connectivity index is 2.44. The van der Waals surface area contributed by atoms with Crippen LogP contribution in [-0.4, -0.2) is 0 Å². The summed E-state index contributed by atoms with van der Waals surface area (Å²) in [6.45, 7) is 3.87. The fraction of sp³-hybridized carbons (Fsp3) is 0.111. The molecule has 0 fully saturated rings. The molecule has 2 rings (SSSR count). The molecule has 20 heavy (non-hydrogen) atoms. The van der Waals surface area contributed by atoms with E-state index >= 15 is 0 Å². The Kier molecular flexibility index (Phi) is 4.46. The third-order valence-corrected chi connectivity index (χ3v) is 3.18. The first kappa shape index (κ1) is 14.2. The molecule has 2 aromatic rings. The van der Waals surface area contributed by atoms with E-state index in [1.807, 2.05) is 26.0 Å². The highest BCUT2D eigenvalue weighted by atomic mass is 19.1. The zero-order valence-corrected chi connectivity index (χ0v) is 11.5. The monoisotopic (exact) mass is 270 g/mol. The van der Waals surface area contributed by atoms with Crippen LogP contribution in [0.3, 0.4) is 0 Å². The Bertz CT molecular complexity index is 573. The average Bonchev–Trinajstić information content (AvgIpc) is 2.47. The first-order valence-electron chi connectivity index (χ1n) is 6.50. The van der Waals surface area contributed by atoms with Crippen LogP contribution in [-0.2, 0) is 0 Å².